The third kappa shape index (κ3) is 6.64. The van der Waals surface area contributed by atoms with Gasteiger partial charge in [0, 0.05) is 44.5 Å². The van der Waals surface area contributed by atoms with Gasteiger partial charge >= 0.3 is 12.1 Å². The quantitative estimate of drug-likeness (QED) is 0.593. The number of hydrogen-bond acceptors (Lipinski definition) is 6. The highest BCUT2D eigenvalue weighted by atomic mass is 19.1. The van der Waals surface area contributed by atoms with E-state index in [0.717, 1.165) is 5.69 Å². The van der Waals surface area contributed by atoms with Gasteiger partial charge in [0.2, 0.25) is 0 Å². The number of rotatable bonds is 7. The number of nitrogens with one attached hydrogen (secondary N) is 2. The summed E-state index contributed by atoms with van der Waals surface area (Å²) in [5.41, 5.74) is 1.41. The Balaban J connectivity index is 1.60. The van der Waals surface area contributed by atoms with E-state index in [1.54, 1.807) is 36.3 Å². The van der Waals surface area contributed by atoms with Crippen LogP contribution in [0.25, 0.3) is 0 Å². The van der Waals surface area contributed by atoms with Crippen molar-refractivity contribution >= 4 is 23.5 Å². The highest BCUT2D eigenvalue weighted by molar-refractivity contribution is 5.99. The zero-order valence-corrected chi connectivity index (χ0v) is 20.1. The summed E-state index contributed by atoms with van der Waals surface area (Å²) >= 11 is 0. The largest absolute Gasteiger partial charge is 0.447 e. The van der Waals surface area contributed by atoms with Crippen molar-refractivity contribution in [2.24, 2.45) is 0 Å². The number of urea groups is 1. The number of aromatic nitrogens is 1. The Morgan fingerprint density at radius 1 is 1.15 bits per heavy atom. The molecule has 0 spiro atoms. The van der Waals surface area contributed by atoms with Gasteiger partial charge in [0.1, 0.15) is 6.61 Å². The monoisotopic (exact) mass is 473 g/mol. The lowest BCUT2D eigenvalue weighted by Gasteiger charge is -2.46. The minimum Gasteiger partial charge on any atom is -0.447 e. The van der Waals surface area contributed by atoms with Crippen molar-refractivity contribution in [1.29, 1.82) is 0 Å². The number of anilines is 2. The SMILES string of the molecule is COCCOC(=O)N1CCN(Cc2cccc(NC(=O)Nc3ccc(C)nc3)c2F)CC1(C)C. The van der Waals surface area contributed by atoms with Crippen LogP contribution in [-0.2, 0) is 16.0 Å². The van der Waals surface area contributed by atoms with Crippen LogP contribution in [0.2, 0.25) is 0 Å². The van der Waals surface area contributed by atoms with E-state index < -0.39 is 17.4 Å². The third-order valence-corrected chi connectivity index (χ3v) is 5.60. The first kappa shape index (κ1) is 25.4. The van der Waals surface area contributed by atoms with Crippen molar-refractivity contribution in [2.45, 2.75) is 32.9 Å². The fourth-order valence-corrected chi connectivity index (χ4v) is 3.89. The molecule has 1 aromatic heterocycles. The van der Waals surface area contributed by atoms with E-state index in [-0.39, 0.29) is 18.4 Å². The second-order valence-corrected chi connectivity index (χ2v) is 8.83. The first-order valence-corrected chi connectivity index (χ1v) is 11.1. The van der Waals surface area contributed by atoms with E-state index >= 15 is 4.39 Å². The fraction of sp³-hybridized carbons (Fsp3) is 0.458. The van der Waals surface area contributed by atoms with Crippen molar-refractivity contribution in [1.82, 2.24) is 14.8 Å². The van der Waals surface area contributed by atoms with Gasteiger partial charge < -0.3 is 25.0 Å². The molecule has 1 fully saturated rings. The van der Waals surface area contributed by atoms with Crippen molar-refractivity contribution < 1.29 is 23.5 Å². The highest BCUT2D eigenvalue weighted by Crippen LogP contribution is 2.25. The number of pyridine rings is 1. The summed E-state index contributed by atoms with van der Waals surface area (Å²) in [6.45, 7) is 8.23. The maximum atomic E-state index is 15.2. The van der Waals surface area contributed by atoms with Gasteiger partial charge in [-0.15, -0.1) is 0 Å². The molecule has 2 aromatic rings. The maximum absolute atomic E-state index is 15.2. The summed E-state index contributed by atoms with van der Waals surface area (Å²) in [6.07, 6.45) is 1.16. The normalized spacial score (nSPS) is 15.6. The smallest absolute Gasteiger partial charge is 0.410 e. The lowest BCUT2D eigenvalue weighted by Crippen LogP contribution is -2.60. The molecule has 2 N–H and O–H groups in total. The summed E-state index contributed by atoms with van der Waals surface area (Å²) in [4.78, 5) is 32.6. The molecule has 0 saturated carbocycles. The number of hydrogen-bond donors (Lipinski definition) is 2. The average Bonchev–Trinajstić information content (AvgIpc) is 2.77. The molecular weight excluding hydrogens is 441 g/mol. The van der Waals surface area contributed by atoms with Gasteiger partial charge in [-0.1, -0.05) is 12.1 Å². The molecule has 10 heteroatoms. The molecule has 1 aliphatic rings. The predicted octanol–water partition coefficient (Wildman–Crippen LogP) is 3.85. The van der Waals surface area contributed by atoms with Crippen molar-refractivity contribution in [3.05, 3.63) is 53.6 Å². The molecule has 0 atom stereocenters. The van der Waals surface area contributed by atoms with Crippen LogP contribution in [0.15, 0.2) is 36.5 Å². The fourth-order valence-electron chi connectivity index (χ4n) is 3.89. The predicted molar refractivity (Wildman–Crippen MR) is 127 cm³/mol. The molecule has 1 aliphatic heterocycles. The van der Waals surface area contributed by atoms with E-state index in [1.807, 2.05) is 20.8 Å². The number of ether oxygens (including phenoxy) is 2. The van der Waals surface area contributed by atoms with Gasteiger partial charge in [-0.25, -0.2) is 14.0 Å². The first-order valence-electron chi connectivity index (χ1n) is 11.1. The number of amides is 3. The molecule has 1 saturated heterocycles. The van der Waals surface area contributed by atoms with E-state index in [2.05, 4.69) is 20.5 Å². The number of aryl methyl sites for hydroxylation is 1. The molecule has 9 nitrogen and oxygen atoms in total. The molecule has 0 radical (unpaired) electrons. The Hall–Kier alpha value is -3.24. The van der Waals surface area contributed by atoms with Crippen LogP contribution < -0.4 is 10.6 Å². The van der Waals surface area contributed by atoms with Crippen molar-refractivity contribution in [2.75, 3.05) is 50.6 Å². The van der Waals surface area contributed by atoms with Gasteiger partial charge in [-0.05, 0) is 39.0 Å². The van der Waals surface area contributed by atoms with Crippen molar-refractivity contribution in [3.63, 3.8) is 0 Å². The number of methoxy groups -OCH3 is 1. The number of halogens is 1. The Bertz CT molecular complexity index is 999. The topological polar surface area (TPSA) is 96.0 Å². The maximum Gasteiger partial charge on any atom is 0.410 e. The molecule has 1 aromatic carbocycles. The molecule has 0 aliphatic carbocycles. The Morgan fingerprint density at radius 3 is 2.62 bits per heavy atom. The zero-order chi connectivity index (χ0) is 24.7. The highest BCUT2D eigenvalue weighted by Gasteiger charge is 2.37. The number of nitrogens with zero attached hydrogens (tertiary/aromatic N) is 3. The number of piperazine rings is 1. The van der Waals surface area contributed by atoms with Crippen LogP contribution in [0.3, 0.4) is 0 Å². The molecule has 3 rings (SSSR count). The van der Waals surface area contributed by atoms with Crippen LogP contribution in [0.5, 0.6) is 0 Å². The number of carbonyl (C=O) groups excluding carboxylic acids is 2. The summed E-state index contributed by atoms with van der Waals surface area (Å²) < 4.78 is 25.4. The van der Waals surface area contributed by atoms with Gasteiger partial charge in [-0.2, -0.15) is 0 Å². The second kappa shape index (κ2) is 11.3. The van der Waals surface area contributed by atoms with Crippen LogP contribution in [0, 0.1) is 12.7 Å². The van der Waals surface area contributed by atoms with Crippen molar-refractivity contribution in [3.8, 4) is 0 Å². The number of carbonyl (C=O) groups is 2. The average molecular weight is 474 g/mol. The Morgan fingerprint density at radius 2 is 1.94 bits per heavy atom. The molecule has 3 amide bonds. The summed E-state index contributed by atoms with van der Waals surface area (Å²) in [5, 5.41) is 5.21. The summed E-state index contributed by atoms with van der Waals surface area (Å²) in [5.74, 6) is -0.487. The Kier molecular flexibility index (Phi) is 8.41. The minimum absolute atomic E-state index is 0.0923. The standard InChI is InChI=1S/C24H32FN5O4/c1-17-8-9-19(14-26-17)27-22(31)28-20-7-5-6-18(21(20)25)15-29-10-11-30(24(2,3)16-29)23(32)34-13-12-33-4/h5-9,14H,10-13,15-16H2,1-4H3,(H2,27,28,31). The van der Waals surface area contributed by atoms with Gasteiger partial charge in [-0.3, -0.25) is 9.88 Å². The second-order valence-electron chi connectivity index (χ2n) is 8.83. The molecular formula is C24H32FN5O4. The van der Waals surface area contributed by atoms with Crippen LogP contribution >= 0.6 is 0 Å². The lowest BCUT2D eigenvalue weighted by atomic mass is 9.99. The van der Waals surface area contributed by atoms with E-state index in [0.29, 0.717) is 44.0 Å². The minimum atomic E-state index is -0.552. The zero-order valence-electron chi connectivity index (χ0n) is 20.1. The van der Waals surface area contributed by atoms with E-state index in [1.165, 1.54) is 12.3 Å². The molecule has 34 heavy (non-hydrogen) atoms. The number of benzene rings is 1. The Labute approximate surface area is 199 Å². The first-order chi connectivity index (χ1) is 16.2. The third-order valence-electron chi connectivity index (χ3n) is 5.60. The lowest BCUT2D eigenvalue weighted by molar-refractivity contribution is 0.00168. The van der Waals surface area contributed by atoms with Crippen LogP contribution in [0.1, 0.15) is 25.1 Å². The van der Waals surface area contributed by atoms with Gasteiger partial charge in [0.05, 0.1) is 29.7 Å². The van der Waals surface area contributed by atoms with Crippen LogP contribution in [-0.4, -0.2) is 72.4 Å². The molecule has 184 valence electrons. The van der Waals surface area contributed by atoms with Gasteiger partial charge in [0.15, 0.2) is 5.82 Å². The van der Waals surface area contributed by atoms with Crippen LogP contribution in [0.4, 0.5) is 25.4 Å². The van der Waals surface area contributed by atoms with Gasteiger partial charge in [0.25, 0.3) is 0 Å². The molecule has 0 bridgehead atoms. The van der Waals surface area contributed by atoms with E-state index in [4.69, 9.17) is 9.47 Å². The van der Waals surface area contributed by atoms with E-state index in [9.17, 15) is 9.59 Å². The summed E-state index contributed by atoms with van der Waals surface area (Å²) in [6, 6.07) is 7.87. The summed E-state index contributed by atoms with van der Waals surface area (Å²) in [7, 11) is 1.55. The molecule has 2 heterocycles. The molecule has 0 unspecified atom stereocenters.